The summed E-state index contributed by atoms with van der Waals surface area (Å²) in [6, 6.07) is 3.46. The minimum Gasteiger partial charge on any atom is -0.480 e. The highest BCUT2D eigenvalue weighted by Crippen LogP contribution is 2.11. The largest absolute Gasteiger partial charge is 0.480 e. The van der Waals surface area contributed by atoms with Crippen molar-refractivity contribution in [1.29, 1.82) is 0 Å². The van der Waals surface area contributed by atoms with Crippen LogP contribution in [0.5, 0.6) is 0 Å². The minimum absolute atomic E-state index is 0.144. The fraction of sp³-hybridized carbons (Fsp3) is 0.600. The fourth-order valence-corrected chi connectivity index (χ4v) is 3.73. The van der Waals surface area contributed by atoms with Gasteiger partial charge < -0.3 is 15.3 Å². The van der Waals surface area contributed by atoms with E-state index in [1.807, 2.05) is 0 Å². The second kappa shape index (κ2) is 13.3. The molecule has 0 amide bonds. The van der Waals surface area contributed by atoms with E-state index in [0.29, 0.717) is 63.9 Å². The smallest absolute Gasteiger partial charge is 0.317 e. The average Bonchev–Trinajstić information content (AvgIpc) is 2.69. The number of carboxylic acid groups (broad SMARTS) is 3. The molecule has 0 radical (unpaired) electrons. The molecule has 2 heterocycles. The zero-order valence-electron chi connectivity index (χ0n) is 17.9. The van der Waals surface area contributed by atoms with E-state index >= 15 is 0 Å². The van der Waals surface area contributed by atoms with Crippen molar-refractivity contribution < 1.29 is 29.7 Å². The Labute approximate surface area is 191 Å². The maximum Gasteiger partial charge on any atom is 0.317 e. The molecule has 32 heavy (non-hydrogen) atoms. The van der Waals surface area contributed by atoms with Gasteiger partial charge in [0, 0.05) is 70.1 Å². The molecule has 178 valence electrons. The molecular weight excluding hydrogens is 442 g/mol. The Bertz CT molecular complexity index is 751. The van der Waals surface area contributed by atoms with Gasteiger partial charge >= 0.3 is 17.9 Å². The van der Waals surface area contributed by atoms with Crippen molar-refractivity contribution in [3.8, 4) is 0 Å². The van der Waals surface area contributed by atoms with Gasteiger partial charge in [-0.1, -0.05) is 11.6 Å². The van der Waals surface area contributed by atoms with Crippen molar-refractivity contribution in [1.82, 2.24) is 24.6 Å². The van der Waals surface area contributed by atoms with Crippen LogP contribution in [0, 0.1) is 0 Å². The van der Waals surface area contributed by atoms with Crippen LogP contribution < -0.4 is 0 Å². The van der Waals surface area contributed by atoms with Crippen molar-refractivity contribution >= 4 is 29.5 Å². The summed E-state index contributed by atoms with van der Waals surface area (Å²) in [5.74, 6) is -2.87. The Morgan fingerprint density at radius 2 is 1.12 bits per heavy atom. The molecule has 3 N–H and O–H groups in total. The highest BCUT2D eigenvalue weighted by Gasteiger charge is 2.20. The molecule has 12 heteroatoms. The number of hydrogen-bond donors (Lipinski definition) is 3. The highest BCUT2D eigenvalue weighted by molar-refractivity contribution is 6.30. The number of carboxylic acids is 3. The van der Waals surface area contributed by atoms with Crippen LogP contribution in [0.3, 0.4) is 0 Å². The fourth-order valence-electron chi connectivity index (χ4n) is 3.55. The van der Waals surface area contributed by atoms with Crippen LogP contribution in [-0.2, 0) is 20.9 Å². The first kappa shape index (κ1) is 25.9. The second-order valence-electron chi connectivity index (χ2n) is 7.75. The van der Waals surface area contributed by atoms with Gasteiger partial charge in [-0.15, -0.1) is 0 Å². The molecule has 1 saturated heterocycles. The number of pyridine rings is 1. The lowest BCUT2D eigenvalue weighted by molar-refractivity contribution is -0.140. The quantitative estimate of drug-likeness (QED) is 0.461. The van der Waals surface area contributed by atoms with Gasteiger partial charge in [0.2, 0.25) is 0 Å². The molecule has 0 bridgehead atoms. The van der Waals surface area contributed by atoms with Gasteiger partial charge in [-0.2, -0.15) is 0 Å². The van der Waals surface area contributed by atoms with Gasteiger partial charge in [-0.05, 0) is 12.1 Å². The first-order valence-corrected chi connectivity index (χ1v) is 10.7. The zero-order valence-corrected chi connectivity index (χ0v) is 18.7. The Morgan fingerprint density at radius 3 is 1.47 bits per heavy atom. The summed E-state index contributed by atoms with van der Waals surface area (Å²) in [4.78, 5) is 45.5. The van der Waals surface area contributed by atoms with E-state index < -0.39 is 17.9 Å². The van der Waals surface area contributed by atoms with Crippen LogP contribution in [-0.4, -0.2) is 130 Å². The molecule has 11 nitrogen and oxygen atoms in total. The minimum atomic E-state index is -0.980. The number of aromatic nitrogens is 1. The molecule has 2 rings (SSSR count). The normalized spacial score (nSPS) is 18.5. The Hall–Kier alpha value is -2.31. The first-order chi connectivity index (χ1) is 15.2. The first-order valence-electron chi connectivity index (χ1n) is 10.4. The maximum absolute atomic E-state index is 11.3. The average molecular weight is 472 g/mol. The predicted octanol–water partition coefficient (Wildman–Crippen LogP) is -0.290. The topological polar surface area (TPSA) is 138 Å². The van der Waals surface area contributed by atoms with Gasteiger partial charge in [-0.3, -0.25) is 39.0 Å². The summed E-state index contributed by atoms with van der Waals surface area (Å²) >= 11 is 6.07. The maximum atomic E-state index is 11.3. The molecule has 1 aromatic heterocycles. The molecular formula is C20H30ClN5O6. The van der Waals surface area contributed by atoms with Gasteiger partial charge in [0.25, 0.3) is 0 Å². The van der Waals surface area contributed by atoms with E-state index in [1.54, 1.807) is 33.0 Å². The summed E-state index contributed by atoms with van der Waals surface area (Å²) in [5.41, 5.74) is 0.770. The summed E-state index contributed by atoms with van der Waals surface area (Å²) in [5, 5.41) is 28.3. The molecule has 0 aliphatic carbocycles. The van der Waals surface area contributed by atoms with Crippen LogP contribution in [0.4, 0.5) is 0 Å². The van der Waals surface area contributed by atoms with Crippen LogP contribution in [0.15, 0.2) is 18.3 Å². The Balaban J connectivity index is 2.16. The third-order valence-corrected chi connectivity index (χ3v) is 5.41. The molecule has 0 spiro atoms. The van der Waals surface area contributed by atoms with Gasteiger partial charge in [-0.25, -0.2) is 0 Å². The molecule has 0 atom stereocenters. The lowest BCUT2D eigenvalue weighted by Gasteiger charge is -2.33. The monoisotopic (exact) mass is 471 g/mol. The van der Waals surface area contributed by atoms with E-state index in [1.165, 1.54) is 0 Å². The molecule has 1 fully saturated rings. The molecule has 0 aromatic carbocycles. The molecule has 1 aliphatic rings. The Morgan fingerprint density at radius 1 is 0.750 bits per heavy atom. The summed E-state index contributed by atoms with van der Waals surface area (Å²) in [6.45, 7) is 3.56. The SMILES string of the molecule is O=C(O)CN1CCN(CC(=O)O)CCN(Cc2cc(Cl)ccn2)CCN(CC(=O)O)CC1. The third-order valence-electron chi connectivity index (χ3n) is 5.17. The number of nitrogens with zero attached hydrogens (tertiary/aromatic N) is 5. The van der Waals surface area contributed by atoms with Crippen molar-refractivity contribution in [3.05, 3.63) is 29.0 Å². The molecule has 0 saturated carbocycles. The third kappa shape index (κ3) is 10.3. The highest BCUT2D eigenvalue weighted by atomic mass is 35.5. The van der Waals surface area contributed by atoms with E-state index in [-0.39, 0.29) is 19.6 Å². The van der Waals surface area contributed by atoms with Crippen LogP contribution in [0.25, 0.3) is 0 Å². The predicted molar refractivity (Wildman–Crippen MR) is 117 cm³/mol. The van der Waals surface area contributed by atoms with E-state index in [4.69, 9.17) is 11.6 Å². The molecule has 1 aliphatic heterocycles. The standard InChI is InChI=1S/C20H30ClN5O6/c21-16-1-2-22-17(11-16)12-23-3-5-24(13-18(27)28)7-9-26(15-20(31)32)10-8-25(6-4-23)14-19(29)30/h1-2,11H,3-10,12-15H2,(H,27,28)(H,29,30)(H,31,32). The van der Waals surface area contributed by atoms with Crippen molar-refractivity contribution in [3.63, 3.8) is 0 Å². The Kier molecular flexibility index (Phi) is 10.8. The second-order valence-corrected chi connectivity index (χ2v) is 8.19. The zero-order chi connectivity index (χ0) is 23.5. The number of aliphatic carboxylic acids is 3. The van der Waals surface area contributed by atoms with Gasteiger partial charge in [0.1, 0.15) is 0 Å². The number of rotatable bonds is 8. The van der Waals surface area contributed by atoms with Crippen molar-refractivity contribution in [2.75, 3.05) is 72.0 Å². The molecule has 0 unspecified atom stereocenters. The van der Waals surface area contributed by atoms with Crippen molar-refractivity contribution in [2.24, 2.45) is 0 Å². The number of hydrogen-bond acceptors (Lipinski definition) is 8. The van der Waals surface area contributed by atoms with Crippen molar-refractivity contribution in [2.45, 2.75) is 6.54 Å². The lowest BCUT2D eigenvalue weighted by Crippen LogP contribution is -2.48. The number of carbonyl (C=O) groups is 3. The summed E-state index contributed by atoms with van der Waals surface area (Å²) < 4.78 is 0. The number of halogens is 1. The van der Waals surface area contributed by atoms with E-state index in [9.17, 15) is 29.7 Å². The van der Waals surface area contributed by atoms with Crippen LogP contribution >= 0.6 is 11.6 Å². The van der Waals surface area contributed by atoms with Crippen LogP contribution in [0.1, 0.15) is 5.69 Å². The summed E-state index contributed by atoms with van der Waals surface area (Å²) in [6.07, 6.45) is 1.62. The molecule has 1 aromatic rings. The van der Waals surface area contributed by atoms with E-state index in [0.717, 1.165) is 5.69 Å². The van der Waals surface area contributed by atoms with Gasteiger partial charge in [0.05, 0.1) is 25.3 Å². The van der Waals surface area contributed by atoms with E-state index in [2.05, 4.69) is 9.88 Å². The lowest BCUT2D eigenvalue weighted by atomic mass is 10.3. The van der Waals surface area contributed by atoms with Gasteiger partial charge in [0.15, 0.2) is 0 Å². The summed E-state index contributed by atoms with van der Waals surface area (Å²) in [7, 11) is 0. The van der Waals surface area contributed by atoms with Crippen LogP contribution in [0.2, 0.25) is 5.02 Å².